The van der Waals surface area contributed by atoms with E-state index in [0.29, 0.717) is 25.5 Å². The lowest BCUT2D eigenvalue weighted by Gasteiger charge is -2.30. The minimum Gasteiger partial charge on any atom is -0.489 e. The molecule has 28 heavy (non-hydrogen) atoms. The zero-order chi connectivity index (χ0) is 19.9. The molecule has 3 N–H and O–H groups in total. The summed E-state index contributed by atoms with van der Waals surface area (Å²) in [5, 5.41) is 7.07. The average Bonchev–Trinajstić information content (AvgIpc) is 3.04. The SMILES string of the molecule is Cc1noc(C)c1COc1ccc(CC(=O)NC(CN)C2CCCCC2)cc1. The third-order valence-electron chi connectivity index (χ3n) is 5.67. The standard InChI is InChI=1S/C22H31N3O3/c1-15-20(16(2)28-25-15)14-27-19-10-8-17(9-11-19)12-22(26)24-21(13-23)18-6-4-3-5-7-18/h8-11,18,21H,3-7,12-14,23H2,1-2H3,(H,24,26). The van der Waals surface area contributed by atoms with Crippen molar-refractivity contribution >= 4 is 5.91 Å². The molecule has 152 valence electrons. The molecule has 3 rings (SSSR count). The smallest absolute Gasteiger partial charge is 0.224 e. The highest BCUT2D eigenvalue weighted by atomic mass is 16.5. The van der Waals surface area contributed by atoms with Crippen LogP contribution in [0.5, 0.6) is 5.75 Å². The lowest BCUT2D eigenvalue weighted by atomic mass is 9.84. The molecular weight excluding hydrogens is 354 g/mol. The Morgan fingerprint density at radius 2 is 1.96 bits per heavy atom. The van der Waals surface area contributed by atoms with Gasteiger partial charge in [-0.2, -0.15) is 0 Å². The minimum absolute atomic E-state index is 0.0328. The van der Waals surface area contributed by atoms with Crippen LogP contribution >= 0.6 is 0 Å². The summed E-state index contributed by atoms with van der Waals surface area (Å²) in [6.45, 7) is 4.70. The number of hydrogen-bond acceptors (Lipinski definition) is 5. The summed E-state index contributed by atoms with van der Waals surface area (Å²) in [5.74, 6) is 2.08. The molecule has 1 aliphatic rings. The van der Waals surface area contributed by atoms with Crippen LogP contribution in [0.25, 0.3) is 0 Å². The molecule has 1 unspecified atom stereocenters. The van der Waals surface area contributed by atoms with E-state index in [9.17, 15) is 4.79 Å². The Balaban J connectivity index is 1.49. The van der Waals surface area contributed by atoms with Crippen molar-refractivity contribution in [1.29, 1.82) is 0 Å². The minimum atomic E-state index is 0.0328. The van der Waals surface area contributed by atoms with Crippen LogP contribution in [0.15, 0.2) is 28.8 Å². The summed E-state index contributed by atoms with van der Waals surface area (Å²) in [6, 6.07) is 7.73. The molecule has 6 heteroatoms. The second-order valence-corrected chi connectivity index (χ2v) is 7.72. The first-order valence-electron chi connectivity index (χ1n) is 10.2. The van der Waals surface area contributed by atoms with E-state index in [1.54, 1.807) is 0 Å². The second-order valence-electron chi connectivity index (χ2n) is 7.72. The fourth-order valence-electron chi connectivity index (χ4n) is 3.92. The number of nitrogens with zero attached hydrogens (tertiary/aromatic N) is 1. The van der Waals surface area contributed by atoms with Gasteiger partial charge < -0.3 is 20.3 Å². The molecule has 1 aromatic heterocycles. The summed E-state index contributed by atoms with van der Waals surface area (Å²) in [7, 11) is 0. The summed E-state index contributed by atoms with van der Waals surface area (Å²) in [6.07, 6.45) is 6.47. The largest absolute Gasteiger partial charge is 0.489 e. The molecule has 2 aromatic rings. The van der Waals surface area contributed by atoms with Crippen LogP contribution < -0.4 is 15.8 Å². The van der Waals surface area contributed by atoms with Gasteiger partial charge in [0, 0.05) is 12.6 Å². The molecule has 1 fully saturated rings. The van der Waals surface area contributed by atoms with Crippen LogP contribution in [-0.4, -0.2) is 23.7 Å². The maximum Gasteiger partial charge on any atom is 0.224 e. The Morgan fingerprint density at radius 1 is 1.25 bits per heavy atom. The van der Waals surface area contributed by atoms with E-state index >= 15 is 0 Å². The molecule has 0 saturated heterocycles. The number of carbonyl (C=O) groups excluding carboxylic acids is 1. The van der Waals surface area contributed by atoms with E-state index in [4.69, 9.17) is 15.0 Å². The molecule has 1 amide bonds. The predicted octanol–water partition coefficient (Wildman–Crippen LogP) is 3.44. The average molecular weight is 386 g/mol. The van der Waals surface area contributed by atoms with Crippen LogP contribution in [0.3, 0.4) is 0 Å². The van der Waals surface area contributed by atoms with Gasteiger partial charge in [-0.1, -0.05) is 36.6 Å². The van der Waals surface area contributed by atoms with Crippen LogP contribution in [0, 0.1) is 19.8 Å². The number of carbonyl (C=O) groups is 1. The highest BCUT2D eigenvalue weighted by Gasteiger charge is 2.23. The first kappa shape index (κ1) is 20.4. The molecule has 1 aliphatic carbocycles. The van der Waals surface area contributed by atoms with E-state index in [0.717, 1.165) is 28.3 Å². The number of benzene rings is 1. The van der Waals surface area contributed by atoms with Crippen LogP contribution in [0.4, 0.5) is 0 Å². The van der Waals surface area contributed by atoms with E-state index < -0.39 is 0 Å². The molecule has 1 atom stereocenters. The number of ether oxygens (including phenoxy) is 1. The molecule has 0 spiro atoms. The van der Waals surface area contributed by atoms with Gasteiger partial charge in [0.25, 0.3) is 0 Å². The van der Waals surface area contributed by atoms with Gasteiger partial charge in [0.15, 0.2) is 0 Å². The first-order chi connectivity index (χ1) is 13.6. The molecule has 1 aromatic carbocycles. The van der Waals surface area contributed by atoms with Gasteiger partial charge in [-0.15, -0.1) is 0 Å². The van der Waals surface area contributed by atoms with Crippen molar-refractivity contribution < 1.29 is 14.1 Å². The maximum atomic E-state index is 12.5. The van der Waals surface area contributed by atoms with Crippen LogP contribution in [0.1, 0.15) is 54.7 Å². The lowest BCUT2D eigenvalue weighted by molar-refractivity contribution is -0.121. The number of amides is 1. The summed E-state index contributed by atoms with van der Waals surface area (Å²) >= 11 is 0. The molecule has 6 nitrogen and oxygen atoms in total. The van der Waals surface area contributed by atoms with Crippen LogP contribution in [0.2, 0.25) is 0 Å². The van der Waals surface area contributed by atoms with Gasteiger partial charge in [0.2, 0.25) is 5.91 Å². The summed E-state index contributed by atoms with van der Waals surface area (Å²) in [5.41, 5.74) is 8.69. The van der Waals surface area contributed by atoms with Gasteiger partial charge in [-0.3, -0.25) is 4.79 Å². The Kier molecular flexibility index (Phi) is 7.09. The summed E-state index contributed by atoms with van der Waals surface area (Å²) < 4.78 is 11.0. The number of aromatic nitrogens is 1. The third-order valence-corrected chi connectivity index (χ3v) is 5.67. The Labute approximate surface area is 166 Å². The topological polar surface area (TPSA) is 90.4 Å². The highest BCUT2D eigenvalue weighted by Crippen LogP contribution is 2.26. The van der Waals surface area contributed by atoms with Crippen molar-refractivity contribution in [2.45, 2.75) is 65.0 Å². The maximum absolute atomic E-state index is 12.5. The zero-order valence-corrected chi connectivity index (χ0v) is 16.9. The Morgan fingerprint density at radius 3 is 2.57 bits per heavy atom. The van der Waals surface area contributed by atoms with Crippen LogP contribution in [-0.2, 0) is 17.8 Å². The van der Waals surface area contributed by atoms with Crippen molar-refractivity contribution in [3.05, 3.63) is 46.8 Å². The van der Waals surface area contributed by atoms with Crippen molar-refractivity contribution in [3.8, 4) is 5.75 Å². The summed E-state index contributed by atoms with van der Waals surface area (Å²) in [4.78, 5) is 12.5. The molecule has 0 aliphatic heterocycles. The van der Waals surface area contributed by atoms with E-state index in [-0.39, 0.29) is 11.9 Å². The lowest BCUT2D eigenvalue weighted by Crippen LogP contribution is -2.46. The fraction of sp³-hybridized carbons (Fsp3) is 0.545. The second kappa shape index (κ2) is 9.73. The Bertz CT molecular complexity index is 744. The number of aryl methyl sites for hydroxylation is 2. The predicted molar refractivity (Wildman–Crippen MR) is 108 cm³/mol. The van der Waals surface area contributed by atoms with E-state index in [2.05, 4.69) is 10.5 Å². The Hall–Kier alpha value is -2.34. The van der Waals surface area contributed by atoms with Gasteiger partial charge in [-0.05, 0) is 50.3 Å². The fourth-order valence-corrected chi connectivity index (χ4v) is 3.92. The number of hydrogen-bond donors (Lipinski definition) is 2. The molecule has 1 heterocycles. The van der Waals surface area contributed by atoms with Gasteiger partial charge in [0.05, 0.1) is 17.7 Å². The first-order valence-corrected chi connectivity index (χ1v) is 10.2. The quantitative estimate of drug-likeness (QED) is 0.726. The van der Waals surface area contributed by atoms with Crippen molar-refractivity contribution in [3.63, 3.8) is 0 Å². The monoisotopic (exact) mass is 385 g/mol. The zero-order valence-electron chi connectivity index (χ0n) is 16.9. The number of nitrogens with two attached hydrogens (primary N) is 1. The van der Waals surface area contributed by atoms with Gasteiger partial charge >= 0.3 is 0 Å². The van der Waals surface area contributed by atoms with Gasteiger partial charge in [0.1, 0.15) is 18.1 Å². The molecule has 0 bridgehead atoms. The highest BCUT2D eigenvalue weighted by molar-refractivity contribution is 5.79. The third kappa shape index (κ3) is 5.35. The molecule has 0 radical (unpaired) electrons. The number of rotatable bonds is 8. The van der Waals surface area contributed by atoms with E-state index in [1.165, 1.54) is 32.1 Å². The molecular formula is C22H31N3O3. The normalized spacial score (nSPS) is 16.0. The van der Waals surface area contributed by atoms with Gasteiger partial charge in [-0.25, -0.2) is 0 Å². The van der Waals surface area contributed by atoms with E-state index in [1.807, 2.05) is 38.1 Å². The number of nitrogens with one attached hydrogen (secondary N) is 1. The van der Waals surface area contributed by atoms with Crippen molar-refractivity contribution in [2.75, 3.05) is 6.54 Å². The van der Waals surface area contributed by atoms with Crippen molar-refractivity contribution in [1.82, 2.24) is 10.5 Å². The molecule has 1 saturated carbocycles. The van der Waals surface area contributed by atoms with Crippen molar-refractivity contribution in [2.24, 2.45) is 11.7 Å².